The number of nitrogens with zero attached hydrogens (tertiary/aromatic N) is 2. The van der Waals surface area contributed by atoms with Crippen LogP contribution in [0.3, 0.4) is 0 Å². The van der Waals surface area contributed by atoms with Gasteiger partial charge in [0.2, 0.25) is 0 Å². The van der Waals surface area contributed by atoms with Crippen LogP contribution in [0.15, 0.2) is 18.3 Å². The van der Waals surface area contributed by atoms with Gasteiger partial charge in [-0.1, -0.05) is 6.07 Å². The van der Waals surface area contributed by atoms with Crippen molar-refractivity contribution in [3.8, 4) is 0 Å². The second kappa shape index (κ2) is 8.06. The molecule has 0 aromatic carbocycles. The Morgan fingerprint density at radius 2 is 2.22 bits per heavy atom. The number of aliphatic hydroxyl groups excluding tert-OH is 1. The number of aromatic nitrogens is 1. The van der Waals surface area contributed by atoms with Crippen LogP contribution in [0.4, 0.5) is 5.82 Å². The third-order valence-electron chi connectivity index (χ3n) is 2.94. The lowest BCUT2D eigenvalue weighted by Crippen LogP contribution is -2.32. The highest BCUT2D eigenvalue weighted by Crippen LogP contribution is 2.15. The second-order valence-corrected chi connectivity index (χ2v) is 4.68. The fraction of sp³-hybridized carbons (Fsp3) is 0.643. The fourth-order valence-electron chi connectivity index (χ4n) is 1.91. The van der Waals surface area contributed by atoms with E-state index in [1.54, 1.807) is 0 Å². The maximum Gasteiger partial charge on any atom is 0.130 e. The summed E-state index contributed by atoms with van der Waals surface area (Å²) in [4.78, 5) is 6.73. The molecule has 1 aromatic heterocycles. The molecule has 1 aromatic rings. The number of hydrogen-bond donors (Lipinski definition) is 2. The Hall–Kier alpha value is -1.13. The predicted molar refractivity (Wildman–Crippen MR) is 75.6 cm³/mol. The predicted octanol–water partition coefficient (Wildman–Crippen LogP) is 2.11. The van der Waals surface area contributed by atoms with Gasteiger partial charge < -0.3 is 10.4 Å². The number of pyridine rings is 1. The Morgan fingerprint density at radius 1 is 1.44 bits per heavy atom. The number of anilines is 1. The molecule has 0 amide bonds. The van der Waals surface area contributed by atoms with E-state index in [1.807, 2.05) is 12.3 Å². The van der Waals surface area contributed by atoms with Gasteiger partial charge in [0, 0.05) is 44.0 Å². The molecule has 4 nitrogen and oxygen atoms in total. The van der Waals surface area contributed by atoms with E-state index in [0.29, 0.717) is 6.04 Å². The van der Waals surface area contributed by atoms with Crippen molar-refractivity contribution in [1.82, 2.24) is 9.88 Å². The Bertz CT molecular complexity index is 342. The molecule has 0 fully saturated rings. The lowest BCUT2D eigenvalue weighted by atomic mass is 10.2. The lowest BCUT2D eigenvalue weighted by molar-refractivity contribution is 0.185. The molecule has 102 valence electrons. The minimum atomic E-state index is 0.246. The van der Waals surface area contributed by atoms with Gasteiger partial charge in [-0.25, -0.2) is 4.98 Å². The van der Waals surface area contributed by atoms with Gasteiger partial charge in [0.25, 0.3) is 0 Å². The summed E-state index contributed by atoms with van der Waals surface area (Å²) in [6, 6.07) is 4.55. The van der Waals surface area contributed by atoms with E-state index in [9.17, 15) is 0 Å². The minimum absolute atomic E-state index is 0.246. The van der Waals surface area contributed by atoms with Gasteiger partial charge in [0.1, 0.15) is 5.82 Å². The maximum absolute atomic E-state index is 8.95. The van der Waals surface area contributed by atoms with Gasteiger partial charge in [0.05, 0.1) is 0 Å². The molecule has 18 heavy (non-hydrogen) atoms. The zero-order valence-corrected chi connectivity index (χ0v) is 11.7. The van der Waals surface area contributed by atoms with Crippen LogP contribution in [0.25, 0.3) is 0 Å². The Balaban J connectivity index is 2.73. The maximum atomic E-state index is 8.95. The number of rotatable bonds is 8. The quantitative estimate of drug-likeness (QED) is 0.743. The molecule has 2 N–H and O–H groups in total. The van der Waals surface area contributed by atoms with Crippen LogP contribution in [0.5, 0.6) is 0 Å². The first kappa shape index (κ1) is 14.9. The van der Waals surface area contributed by atoms with E-state index >= 15 is 0 Å². The highest BCUT2D eigenvalue weighted by Gasteiger charge is 2.12. The van der Waals surface area contributed by atoms with E-state index < -0.39 is 0 Å². The van der Waals surface area contributed by atoms with Crippen molar-refractivity contribution in [1.29, 1.82) is 0 Å². The van der Waals surface area contributed by atoms with E-state index in [0.717, 1.165) is 31.9 Å². The summed E-state index contributed by atoms with van der Waals surface area (Å²) in [5, 5.41) is 12.2. The zero-order chi connectivity index (χ0) is 13.4. The third-order valence-corrected chi connectivity index (χ3v) is 2.94. The second-order valence-electron chi connectivity index (χ2n) is 4.68. The highest BCUT2D eigenvalue weighted by atomic mass is 16.3. The SMILES string of the molecule is CCNc1ncccc1CN(CCCO)C(C)C. The highest BCUT2D eigenvalue weighted by molar-refractivity contribution is 5.43. The first-order valence-corrected chi connectivity index (χ1v) is 6.71. The topological polar surface area (TPSA) is 48.4 Å². The van der Waals surface area contributed by atoms with Crippen LogP contribution >= 0.6 is 0 Å². The van der Waals surface area contributed by atoms with Crippen LogP contribution in [-0.4, -0.2) is 40.7 Å². The summed E-state index contributed by atoms with van der Waals surface area (Å²) >= 11 is 0. The summed E-state index contributed by atoms with van der Waals surface area (Å²) in [5.74, 6) is 0.967. The molecular weight excluding hydrogens is 226 g/mol. The average molecular weight is 251 g/mol. The summed E-state index contributed by atoms with van der Waals surface area (Å²) < 4.78 is 0. The minimum Gasteiger partial charge on any atom is -0.396 e. The molecule has 0 radical (unpaired) electrons. The first-order chi connectivity index (χ1) is 8.69. The molecule has 0 unspecified atom stereocenters. The molecule has 0 atom stereocenters. The standard InChI is InChI=1S/C14H25N3O/c1-4-15-14-13(7-5-8-16-14)11-17(12(2)3)9-6-10-18/h5,7-8,12,18H,4,6,9-11H2,1-3H3,(H,15,16). The molecule has 1 rings (SSSR count). The summed E-state index contributed by atoms with van der Waals surface area (Å²) in [6.45, 7) is 9.34. The Kier molecular flexibility index (Phi) is 6.68. The van der Waals surface area contributed by atoms with E-state index in [-0.39, 0.29) is 6.61 Å². The molecule has 4 heteroatoms. The zero-order valence-electron chi connectivity index (χ0n) is 11.7. The van der Waals surface area contributed by atoms with Gasteiger partial charge in [0.15, 0.2) is 0 Å². The molecule has 0 saturated carbocycles. The fourth-order valence-corrected chi connectivity index (χ4v) is 1.91. The molecule has 0 aliphatic rings. The van der Waals surface area contributed by atoms with Crippen LogP contribution in [0.1, 0.15) is 32.8 Å². The molecule has 0 spiro atoms. The van der Waals surface area contributed by atoms with Crippen LogP contribution < -0.4 is 5.32 Å². The van der Waals surface area contributed by atoms with Crippen molar-refractivity contribution in [2.45, 2.75) is 39.8 Å². The Labute approximate surface area is 110 Å². The molecule has 0 aliphatic heterocycles. The van der Waals surface area contributed by atoms with Crippen molar-refractivity contribution >= 4 is 5.82 Å². The summed E-state index contributed by atoms with van der Waals surface area (Å²) in [6.07, 6.45) is 2.63. The molecule has 0 bridgehead atoms. The smallest absolute Gasteiger partial charge is 0.130 e. The molecular formula is C14H25N3O. The molecule has 0 saturated heterocycles. The Morgan fingerprint density at radius 3 is 2.83 bits per heavy atom. The van der Waals surface area contributed by atoms with E-state index in [2.05, 4.69) is 42.0 Å². The van der Waals surface area contributed by atoms with Crippen molar-refractivity contribution in [3.05, 3.63) is 23.9 Å². The number of hydrogen-bond acceptors (Lipinski definition) is 4. The third kappa shape index (κ3) is 4.63. The first-order valence-electron chi connectivity index (χ1n) is 6.71. The van der Waals surface area contributed by atoms with Gasteiger partial charge >= 0.3 is 0 Å². The van der Waals surface area contributed by atoms with Gasteiger partial charge in [-0.3, -0.25) is 4.90 Å². The van der Waals surface area contributed by atoms with Gasteiger partial charge in [-0.15, -0.1) is 0 Å². The van der Waals surface area contributed by atoms with Gasteiger partial charge in [-0.05, 0) is 33.3 Å². The van der Waals surface area contributed by atoms with Crippen molar-refractivity contribution in [3.63, 3.8) is 0 Å². The van der Waals surface area contributed by atoms with Crippen LogP contribution in [0, 0.1) is 0 Å². The number of aliphatic hydroxyl groups is 1. The van der Waals surface area contributed by atoms with Crippen molar-refractivity contribution in [2.24, 2.45) is 0 Å². The largest absolute Gasteiger partial charge is 0.396 e. The summed E-state index contributed by atoms with van der Waals surface area (Å²) in [5.41, 5.74) is 1.21. The van der Waals surface area contributed by atoms with E-state index in [4.69, 9.17) is 5.11 Å². The monoisotopic (exact) mass is 251 g/mol. The van der Waals surface area contributed by atoms with Crippen LogP contribution in [-0.2, 0) is 6.54 Å². The van der Waals surface area contributed by atoms with E-state index in [1.165, 1.54) is 5.56 Å². The van der Waals surface area contributed by atoms with Crippen molar-refractivity contribution < 1.29 is 5.11 Å². The average Bonchev–Trinajstić information content (AvgIpc) is 2.36. The van der Waals surface area contributed by atoms with Crippen molar-refractivity contribution in [2.75, 3.05) is 25.0 Å². The summed E-state index contributed by atoms with van der Waals surface area (Å²) in [7, 11) is 0. The number of nitrogens with one attached hydrogen (secondary N) is 1. The lowest BCUT2D eigenvalue weighted by Gasteiger charge is -2.27. The molecule has 0 aliphatic carbocycles. The normalized spacial score (nSPS) is 11.2. The van der Waals surface area contributed by atoms with Crippen LogP contribution in [0.2, 0.25) is 0 Å². The molecule has 1 heterocycles. The van der Waals surface area contributed by atoms with Gasteiger partial charge in [-0.2, -0.15) is 0 Å².